The molecular weight excluding hydrogens is 347 g/mol. The first-order valence-corrected chi connectivity index (χ1v) is 8.49. The molecule has 122 valence electrons. The van der Waals surface area contributed by atoms with Crippen LogP contribution in [0.4, 0.5) is 4.39 Å². The lowest BCUT2D eigenvalue weighted by Crippen LogP contribution is -2.17. The van der Waals surface area contributed by atoms with E-state index < -0.39 is 0 Å². The highest BCUT2D eigenvalue weighted by atomic mass is 35.5. The van der Waals surface area contributed by atoms with Crippen molar-refractivity contribution in [2.75, 3.05) is 0 Å². The summed E-state index contributed by atoms with van der Waals surface area (Å²) in [5, 5.41) is 0.530. The van der Waals surface area contributed by atoms with E-state index >= 15 is 0 Å². The molecule has 0 unspecified atom stereocenters. The van der Waals surface area contributed by atoms with E-state index in [0.717, 1.165) is 10.3 Å². The van der Waals surface area contributed by atoms with Crippen molar-refractivity contribution in [1.82, 2.24) is 4.57 Å². The molecule has 0 aliphatic carbocycles. The lowest BCUT2D eigenvalue weighted by atomic mass is 10.1. The van der Waals surface area contributed by atoms with Crippen LogP contribution < -0.4 is 4.80 Å². The summed E-state index contributed by atoms with van der Waals surface area (Å²) in [6.07, 6.45) is 1.75. The van der Waals surface area contributed by atoms with E-state index in [-0.39, 0.29) is 18.1 Å². The van der Waals surface area contributed by atoms with Gasteiger partial charge in [0.2, 0.25) is 0 Å². The van der Waals surface area contributed by atoms with Gasteiger partial charge in [-0.25, -0.2) is 4.39 Å². The van der Waals surface area contributed by atoms with Crippen LogP contribution in [-0.2, 0) is 17.8 Å². The molecule has 0 radical (unpaired) electrons. The molecule has 0 atom stereocenters. The molecule has 0 aliphatic heterocycles. The monoisotopic (exact) mass is 360 g/mol. The average molecular weight is 361 g/mol. The van der Waals surface area contributed by atoms with Gasteiger partial charge < -0.3 is 4.57 Å². The van der Waals surface area contributed by atoms with Gasteiger partial charge in [0.15, 0.2) is 4.80 Å². The van der Waals surface area contributed by atoms with E-state index in [2.05, 4.69) is 11.6 Å². The van der Waals surface area contributed by atoms with Crippen LogP contribution in [0.2, 0.25) is 5.02 Å². The molecule has 0 N–H and O–H groups in total. The first-order chi connectivity index (χ1) is 11.6. The quantitative estimate of drug-likeness (QED) is 0.637. The van der Waals surface area contributed by atoms with E-state index in [0.29, 0.717) is 21.9 Å². The van der Waals surface area contributed by atoms with Crippen LogP contribution in [0, 0.1) is 5.82 Å². The SMILES string of the molecule is C=CCn1c(=NC(=O)Cc2ccccc2Cl)sc2cccc(F)c21. The zero-order valence-electron chi connectivity index (χ0n) is 12.7. The number of nitrogens with zero attached hydrogens (tertiary/aromatic N) is 2. The van der Waals surface area contributed by atoms with Gasteiger partial charge in [0.25, 0.3) is 5.91 Å². The van der Waals surface area contributed by atoms with Gasteiger partial charge in [-0.05, 0) is 23.8 Å². The summed E-state index contributed by atoms with van der Waals surface area (Å²) in [5.41, 5.74) is 1.15. The zero-order chi connectivity index (χ0) is 17.1. The van der Waals surface area contributed by atoms with E-state index in [1.54, 1.807) is 41.0 Å². The lowest BCUT2D eigenvalue weighted by Gasteiger charge is -2.02. The predicted molar refractivity (Wildman–Crippen MR) is 95.7 cm³/mol. The lowest BCUT2D eigenvalue weighted by molar-refractivity contribution is -0.117. The smallest absolute Gasteiger partial charge is 0.252 e. The van der Waals surface area contributed by atoms with Crippen molar-refractivity contribution >= 4 is 39.1 Å². The number of hydrogen-bond acceptors (Lipinski definition) is 2. The molecule has 3 rings (SSSR count). The van der Waals surface area contributed by atoms with E-state index in [4.69, 9.17) is 11.6 Å². The number of allylic oxidation sites excluding steroid dienone is 1. The minimum absolute atomic E-state index is 0.102. The number of thiazole rings is 1. The summed E-state index contributed by atoms with van der Waals surface area (Å²) in [5.74, 6) is -0.668. The van der Waals surface area contributed by atoms with E-state index in [9.17, 15) is 9.18 Å². The molecule has 0 spiro atoms. The van der Waals surface area contributed by atoms with E-state index in [1.165, 1.54) is 17.4 Å². The van der Waals surface area contributed by atoms with Crippen molar-refractivity contribution in [2.24, 2.45) is 4.99 Å². The molecular formula is C18H14ClFN2OS. The fourth-order valence-corrected chi connectivity index (χ4v) is 3.70. The van der Waals surface area contributed by atoms with Crippen molar-refractivity contribution in [3.63, 3.8) is 0 Å². The Morgan fingerprint density at radius 1 is 1.29 bits per heavy atom. The molecule has 0 fully saturated rings. The number of carbonyl (C=O) groups is 1. The first kappa shape index (κ1) is 16.6. The molecule has 24 heavy (non-hydrogen) atoms. The van der Waals surface area contributed by atoms with Gasteiger partial charge in [-0.2, -0.15) is 4.99 Å². The summed E-state index contributed by atoms with van der Waals surface area (Å²) < 4.78 is 16.5. The number of hydrogen-bond donors (Lipinski definition) is 0. The van der Waals surface area contributed by atoms with Crippen LogP contribution in [0.3, 0.4) is 0 Å². The number of amides is 1. The predicted octanol–water partition coefficient (Wildman–Crippen LogP) is 4.35. The minimum Gasteiger partial charge on any atom is -0.310 e. The Morgan fingerprint density at radius 2 is 2.08 bits per heavy atom. The van der Waals surface area contributed by atoms with Gasteiger partial charge in [0, 0.05) is 11.6 Å². The number of aromatic nitrogens is 1. The summed E-state index contributed by atoms with van der Waals surface area (Å²) in [6, 6.07) is 12.0. The Hall–Kier alpha value is -2.24. The molecule has 1 heterocycles. The third kappa shape index (κ3) is 3.32. The molecule has 1 amide bonds. The standard InChI is InChI=1S/C18H14ClFN2OS/c1-2-10-22-17-14(20)8-5-9-15(17)24-18(22)21-16(23)11-12-6-3-4-7-13(12)19/h2-9H,1,10-11H2. The van der Waals surface area contributed by atoms with Gasteiger partial charge >= 0.3 is 0 Å². The largest absolute Gasteiger partial charge is 0.310 e. The summed E-state index contributed by atoms with van der Waals surface area (Å²) in [6.45, 7) is 4.06. The number of para-hydroxylation sites is 1. The maximum absolute atomic E-state index is 14.1. The van der Waals surface area contributed by atoms with Crippen LogP contribution >= 0.6 is 22.9 Å². The van der Waals surface area contributed by atoms with Gasteiger partial charge in [0.05, 0.1) is 16.6 Å². The maximum Gasteiger partial charge on any atom is 0.252 e. The third-order valence-corrected chi connectivity index (χ3v) is 4.90. The van der Waals surface area contributed by atoms with Gasteiger partial charge in [-0.3, -0.25) is 4.79 Å². The minimum atomic E-state index is -0.342. The topological polar surface area (TPSA) is 34.4 Å². The van der Waals surface area contributed by atoms with Crippen LogP contribution in [0.15, 0.2) is 60.1 Å². The highest BCUT2D eigenvalue weighted by Crippen LogP contribution is 2.20. The number of fused-ring (bicyclic) bond motifs is 1. The molecule has 2 aromatic carbocycles. The summed E-state index contributed by atoms with van der Waals surface area (Å²) >= 11 is 7.35. The Balaban J connectivity index is 2.04. The number of benzene rings is 2. The summed E-state index contributed by atoms with van der Waals surface area (Å²) in [7, 11) is 0. The summed E-state index contributed by atoms with van der Waals surface area (Å²) in [4.78, 5) is 16.9. The number of halogens is 2. The first-order valence-electron chi connectivity index (χ1n) is 7.30. The highest BCUT2D eigenvalue weighted by molar-refractivity contribution is 7.16. The van der Waals surface area contributed by atoms with Crippen LogP contribution in [0.25, 0.3) is 10.2 Å². The molecule has 3 nitrogen and oxygen atoms in total. The molecule has 0 bridgehead atoms. The fraction of sp³-hybridized carbons (Fsp3) is 0.111. The van der Waals surface area contributed by atoms with E-state index in [1.807, 2.05) is 6.07 Å². The molecule has 0 saturated carbocycles. The van der Waals surface area contributed by atoms with Crippen molar-refractivity contribution in [3.8, 4) is 0 Å². The van der Waals surface area contributed by atoms with Gasteiger partial charge in [0.1, 0.15) is 5.82 Å². The van der Waals surface area contributed by atoms with Crippen LogP contribution in [0.5, 0.6) is 0 Å². The number of carbonyl (C=O) groups excluding carboxylic acids is 1. The van der Waals surface area contributed by atoms with Crippen molar-refractivity contribution in [1.29, 1.82) is 0 Å². The van der Waals surface area contributed by atoms with Crippen molar-refractivity contribution in [2.45, 2.75) is 13.0 Å². The second-order valence-electron chi connectivity index (χ2n) is 5.14. The zero-order valence-corrected chi connectivity index (χ0v) is 14.3. The normalized spacial score (nSPS) is 11.8. The number of rotatable bonds is 4. The van der Waals surface area contributed by atoms with Crippen molar-refractivity contribution < 1.29 is 9.18 Å². The third-order valence-electron chi connectivity index (χ3n) is 3.48. The maximum atomic E-state index is 14.1. The Labute approximate surface area is 147 Å². The van der Waals surface area contributed by atoms with Crippen LogP contribution in [-0.4, -0.2) is 10.5 Å². The average Bonchev–Trinajstić information content (AvgIpc) is 2.89. The molecule has 1 aromatic heterocycles. The Bertz CT molecular complexity index is 990. The molecule has 6 heteroatoms. The highest BCUT2D eigenvalue weighted by Gasteiger charge is 2.11. The molecule has 0 aliphatic rings. The van der Waals surface area contributed by atoms with Gasteiger partial charge in [-0.15, -0.1) is 6.58 Å². The Morgan fingerprint density at radius 3 is 2.83 bits per heavy atom. The second kappa shape index (κ2) is 7.11. The fourth-order valence-electron chi connectivity index (χ4n) is 2.42. The van der Waals surface area contributed by atoms with Crippen molar-refractivity contribution in [3.05, 3.63) is 76.3 Å². The van der Waals surface area contributed by atoms with Gasteiger partial charge in [-0.1, -0.05) is 53.3 Å². The second-order valence-corrected chi connectivity index (χ2v) is 6.56. The van der Waals surface area contributed by atoms with Crippen LogP contribution in [0.1, 0.15) is 5.56 Å². The Kier molecular flexibility index (Phi) is 4.92. The molecule has 0 saturated heterocycles. The molecule has 3 aromatic rings.